The molecule has 0 amide bonds. The van der Waals surface area contributed by atoms with Crippen molar-refractivity contribution < 1.29 is 4.39 Å². The zero-order valence-corrected chi connectivity index (χ0v) is 12.1. The summed E-state index contributed by atoms with van der Waals surface area (Å²) in [6.07, 6.45) is 3.51. The van der Waals surface area contributed by atoms with E-state index in [4.69, 9.17) is 5.41 Å². The fraction of sp³-hybridized carbons (Fsp3) is 0.118. The molecule has 0 atom stereocenters. The highest BCUT2D eigenvalue weighted by Crippen LogP contribution is 2.23. The zero-order chi connectivity index (χ0) is 15.5. The van der Waals surface area contributed by atoms with E-state index in [1.807, 2.05) is 35.8 Å². The Kier molecular flexibility index (Phi) is 3.78. The number of aryl methyl sites for hydroxylation is 1. The Balaban J connectivity index is 2.02. The number of fused-ring (bicyclic) bond motifs is 1. The normalized spacial score (nSPS) is 11.4. The number of halogens is 1. The Bertz CT molecular complexity index is 847. The first kappa shape index (κ1) is 14.1. The Hall–Kier alpha value is -2.82. The van der Waals surface area contributed by atoms with E-state index in [1.54, 1.807) is 12.3 Å². The van der Waals surface area contributed by atoms with Crippen molar-refractivity contribution in [3.05, 3.63) is 54.1 Å². The van der Waals surface area contributed by atoms with Gasteiger partial charge in [-0.15, -0.1) is 0 Å². The first-order valence-electron chi connectivity index (χ1n) is 6.95. The van der Waals surface area contributed by atoms with E-state index in [1.165, 1.54) is 18.3 Å². The van der Waals surface area contributed by atoms with Crippen LogP contribution >= 0.6 is 0 Å². The van der Waals surface area contributed by atoms with Gasteiger partial charge in [0.15, 0.2) is 0 Å². The molecule has 0 saturated carbocycles. The minimum Gasteiger partial charge on any atom is -0.313 e. The van der Waals surface area contributed by atoms with Crippen molar-refractivity contribution in [2.75, 3.05) is 0 Å². The highest BCUT2D eigenvalue weighted by atomic mass is 19.1. The monoisotopic (exact) mass is 294 g/mol. The second kappa shape index (κ2) is 5.89. The molecule has 4 nitrogen and oxygen atoms in total. The maximum atomic E-state index is 13.5. The molecule has 0 unspecified atom stereocenters. The van der Waals surface area contributed by atoms with E-state index in [0.717, 1.165) is 28.2 Å². The molecule has 1 heterocycles. The fourth-order valence-electron chi connectivity index (χ4n) is 2.39. The smallest absolute Gasteiger partial charge is 0.125 e. The Labute approximate surface area is 127 Å². The van der Waals surface area contributed by atoms with Crippen LogP contribution in [0, 0.1) is 18.2 Å². The maximum absolute atomic E-state index is 13.5. The van der Waals surface area contributed by atoms with Crippen molar-refractivity contribution in [1.29, 1.82) is 5.41 Å². The summed E-state index contributed by atoms with van der Waals surface area (Å²) in [4.78, 5) is 8.71. The lowest BCUT2D eigenvalue weighted by Crippen LogP contribution is -1.96. The van der Waals surface area contributed by atoms with Gasteiger partial charge < -0.3 is 5.41 Å². The first-order valence-corrected chi connectivity index (χ1v) is 6.95. The molecule has 0 spiro atoms. The van der Waals surface area contributed by atoms with Crippen molar-refractivity contribution >= 4 is 29.1 Å². The van der Waals surface area contributed by atoms with E-state index in [2.05, 4.69) is 9.98 Å². The minimum absolute atomic E-state index is 0.276. The molecule has 0 fully saturated rings. The van der Waals surface area contributed by atoms with Gasteiger partial charge in [-0.05, 0) is 43.3 Å². The summed E-state index contributed by atoms with van der Waals surface area (Å²) < 4.78 is 15.4. The van der Waals surface area contributed by atoms with E-state index < -0.39 is 0 Å². The van der Waals surface area contributed by atoms with Crippen molar-refractivity contribution in [3.63, 3.8) is 0 Å². The van der Waals surface area contributed by atoms with Gasteiger partial charge in [-0.25, -0.2) is 9.37 Å². The van der Waals surface area contributed by atoms with Crippen LogP contribution in [0.3, 0.4) is 0 Å². The molecule has 22 heavy (non-hydrogen) atoms. The SMILES string of the molecule is Cc1nc2ccc(F)cc2n1-c1ccc(N=CCC=N)cc1. The average Bonchev–Trinajstić information content (AvgIpc) is 2.84. The largest absolute Gasteiger partial charge is 0.313 e. The summed E-state index contributed by atoms with van der Waals surface area (Å²) >= 11 is 0. The first-order chi connectivity index (χ1) is 10.7. The summed E-state index contributed by atoms with van der Waals surface area (Å²) in [7, 11) is 0. The number of rotatable bonds is 4. The number of hydrogen-bond acceptors (Lipinski definition) is 3. The molecule has 0 aliphatic heterocycles. The fourth-order valence-corrected chi connectivity index (χ4v) is 2.39. The van der Waals surface area contributed by atoms with Gasteiger partial charge in [-0.3, -0.25) is 9.56 Å². The second-order valence-electron chi connectivity index (χ2n) is 4.90. The summed E-state index contributed by atoms with van der Waals surface area (Å²) in [6, 6.07) is 12.2. The van der Waals surface area contributed by atoms with Crippen LogP contribution in [-0.4, -0.2) is 22.0 Å². The quantitative estimate of drug-likeness (QED) is 0.720. The Morgan fingerprint density at radius 3 is 2.73 bits per heavy atom. The van der Waals surface area contributed by atoms with Crippen LogP contribution < -0.4 is 0 Å². The molecule has 0 aliphatic carbocycles. The molecule has 110 valence electrons. The molecule has 0 saturated heterocycles. The van der Waals surface area contributed by atoms with Crippen molar-refractivity contribution in [2.45, 2.75) is 13.3 Å². The van der Waals surface area contributed by atoms with Crippen LogP contribution in [0.4, 0.5) is 10.1 Å². The third-order valence-electron chi connectivity index (χ3n) is 3.36. The molecule has 1 aromatic heterocycles. The molecular weight excluding hydrogens is 279 g/mol. The number of aromatic nitrogens is 2. The van der Waals surface area contributed by atoms with E-state index >= 15 is 0 Å². The average molecular weight is 294 g/mol. The van der Waals surface area contributed by atoms with Crippen molar-refractivity contribution in [1.82, 2.24) is 9.55 Å². The number of nitrogens with zero attached hydrogens (tertiary/aromatic N) is 3. The zero-order valence-electron chi connectivity index (χ0n) is 12.1. The molecule has 5 heteroatoms. The van der Waals surface area contributed by atoms with E-state index in [0.29, 0.717) is 6.42 Å². The van der Waals surface area contributed by atoms with Gasteiger partial charge in [-0.2, -0.15) is 0 Å². The summed E-state index contributed by atoms with van der Waals surface area (Å²) in [5.74, 6) is 0.530. The predicted molar refractivity (Wildman–Crippen MR) is 87.3 cm³/mol. The number of aliphatic imine (C=N–C) groups is 1. The van der Waals surface area contributed by atoms with E-state index in [9.17, 15) is 4.39 Å². The van der Waals surface area contributed by atoms with Gasteiger partial charge in [0.05, 0.1) is 16.7 Å². The number of benzene rings is 2. The van der Waals surface area contributed by atoms with Crippen LogP contribution in [-0.2, 0) is 0 Å². The molecule has 0 bridgehead atoms. The third kappa shape index (κ3) is 2.65. The molecule has 3 rings (SSSR count). The molecule has 3 aromatic rings. The van der Waals surface area contributed by atoms with Crippen LogP contribution in [0.5, 0.6) is 0 Å². The number of hydrogen-bond donors (Lipinski definition) is 1. The lowest BCUT2D eigenvalue weighted by molar-refractivity contribution is 0.629. The predicted octanol–water partition coefficient (Wildman–Crippen LogP) is 4.21. The lowest BCUT2D eigenvalue weighted by Gasteiger charge is -2.07. The molecule has 0 aliphatic rings. The molecule has 1 N–H and O–H groups in total. The van der Waals surface area contributed by atoms with Crippen molar-refractivity contribution in [3.8, 4) is 5.69 Å². The van der Waals surface area contributed by atoms with Crippen LogP contribution in [0.15, 0.2) is 47.5 Å². The second-order valence-corrected chi connectivity index (χ2v) is 4.90. The van der Waals surface area contributed by atoms with Crippen LogP contribution in [0.25, 0.3) is 16.7 Å². The number of nitrogens with one attached hydrogen (secondary N) is 1. The summed E-state index contributed by atoms with van der Waals surface area (Å²) in [5.41, 5.74) is 3.25. The van der Waals surface area contributed by atoms with Gasteiger partial charge in [0.25, 0.3) is 0 Å². The number of imidazole rings is 1. The van der Waals surface area contributed by atoms with E-state index in [-0.39, 0.29) is 5.82 Å². The lowest BCUT2D eigenvalue weighted by atomic mass is 10.2. The van der Waals surface area contributed by atoms with Crippen LogP contribution in [0.1, 0.15) is 12.2 Å². The Morgan fingerprint density at radius 1 is 1.23 bits per heavy atom. The van der Waals surface area contributed by atoms with Gasteiger partial charge in [0.1, 0.15) is 11.6 Å². The topological polar surface area (TPSA) is 54.0 Å². The van der Waals surface area contributed by atoms with Gasteiger partial charge in [-0.1, -0.05) is 0 Å². The highest BCUT2D eigenvalue weighted by molar-refractivity contribution is 5.80. The summed E-state index contributed by atoms with van der Waals surface area (Å²) in [5, 5.41) is 6.96. The summed E-state index contributed by atoms with van der Waals surface area (Å²) in [6.45, 7) is 1.90. The standard InChI is InChI=1S/C17H15FN4/c1-12-21-16-8-3-13(18)11-17(16)22(12)15-6-4-14(5-7-15)20-10-2-9-19/h3-11,19H,2H2,1H3. The molecule has 0 radical (unpaired) electrons. The molecular formula is C17H15FN4. The highest BCUT2D eigenvalue weighted by Gasteiger charge is 2.09. The maximum Gasteiger partial charge on any atom is 0.125 e. The van der Waals surface area contributed by atoms with Gasteiger partial charge in [0, 0.05) is 30.6 Å². The van der Waals surface area contributed by atoms with Gasteiger partial charge >= 0.3 is 0 Å². The third-order valence-corrected chi connectivity index (χ3v) is 3.36. The van der Waals surface area contributed by atoms with Crippen molar-refractivity contribution in [2.24, 2.45) is 4.99 Å². The molecule has 2 aromatic carbocycles. The van der Waals surface area contributed by atoms with Crippen LogP contribution in [0.2, 0.25) is 0 Å². The minimum atomic E-state index is -0.276. The Morgan fingerprint density at radius 2 is 2.00 bits per heavy atom. The van der Waals surface area contributed by atoms with Gasteiger partial charge in [0.2, 0.25) is 0 Å².